The molecule has 0 atom stereocenters. The molecule has 6 nitrogen and oxygen atoms in total. The molecule has 0 amide bonds. The smallest absolute Gasteiger partial charge is 0.265 e. The number of hydrogen-bond acceptors (Lipinski definition) is 5. The summed E-state index contributed by atoms with van der Waals surface area (Å²) in [5, 5.41) is 3.08. The Kier molecular flexibility index (Phi) is 4.32. The Morgan fingerprint density at radius 1 is 1.15 bits per heavy atom. The Morgan fingerprint density at radius 3 is 2.40 bits per heavy atom. The van der Waals surface area contributed by atoms with Crippen molar-refractivity contribution in [3.8, 4) is 0 Å². The SMILES string of the molecule is CNc1ncc(S(=O)(=O)Nc2cccc(Cl)c2Cl)cn1. The molecule has 106 valence electrons. The van der Waals surface area contributed by atoms with Crippen molar-refractivity contribution in [3.63, 3.8) is 0 Å². The van der Waals surface area contributed by atoms with Gasteiger partial charge in [-0.3, -0.25) is 4.72 Å². The minimum absolute atomic E-state index is 0.0763. The maximum atomic E-state index is 12.2. The van der Waals surface area contributed by atoms with Crippen molar-refractivity contribution in [2.75, 3.05) is 17.1 Å². The van der Waals surface area contributed by atoms with Crippen molar-refractivity contribution >= 4 is 44.9 Å². The Bertz CT molecular complexity index is 720. The quantitative estimate of drug-likeness (QED) is 0.899. The Hall–Kier alpha value is -1.57. The van der Waals surface area contributed by atoms with Gasteiger partial charge in [-0.2, -0.15) is 0 Å². The van der Waals surface area contributed by atoms with E-state index in [1.54, 1.807) is 19.2 Å². The van der Waals surface area contributed by atoms with Gasteiger partial charge in [0.2, 0.25) is 5.95 Å². The van der Waals surface area contributed by atoms with E-state index >= 15 is 0 Å². The highest BCUT2D eigenvalue weighted by Crippen LogP contribution is 2.30. The van der Waals surface area contributed by atoms with E-state index in [1.165, 1.54) is 18.5 Å². The first-order valence-electron chi connectivity index (χ1n) is 5.40. The molecule has 1 aromatic heterocycles. The van der Waals surface area contributed by atoms with Gasteiger partial charge >= 0.3 is 0 Å². The van der Waals surface area contributed by atoms with Gasteiger partial charge in [0.15, 0.2) is 0 Å². The zero-order valence-electron chi connectivity index (χ0n) is 10.3. The largest absolute Gasteiger partial charge is 0.357 e. The molecular formula is C11H10Cl2N4O2S. The first-order valence-corrected chi connectivity index (χ1v) is 7.64. The maximum Gasteiger partial charge on any atom is 0.265 e. The van der Waals surface area contributed by atoms with Crippen LogP contribution in [0.3, 0.4) is 0 Å². The standard InChI is InChI=1S/C11H10Cl2N4O2S/c1-14-11-15-5-7(6-16-11)20(18,19)17-9-4-2-3-8(12)10(9)13/h2-6,17H,1H3,(H,14,15,16). The minimum Gasteiger partial charge on any atom is -0.357 e. The van der Waals surface area contributed by atoms with Crippen molar-refractivity contribution < 1.29 is 8.42 Å². The van der Waals surface area contributed by atoms with E-state index in [0.29, 0.717) is 5.95 Å². The first-order chi connectivity index (χ1) is 9.44. The van der Waals surface area contributed by atoms with Gasteiger partial charge in [0.25, 0.3) is 10.0 Å². The molecule has 0 aliphatic rings. The molecule has 1 aromatic carbocycles. The number of hydrogen-bond donors (Lipinski definition) is 2. The molecule has 9 heteroatoms. The Balaban J connectivity index is 2.33. The molecule has 20 heavy (non-hydrogen) atoms. The number of nitrogens with zero attached hydrogens (tertiary/aromatic N) is 2. The molecular weight excluding hydrogens is 323 g/mol. The fourth-order valence-electron chi connectivity index (χ4n) is 1.37. The third-order valence-corrected chi connectivity index (χ3v) is 4.50. The number of benzene rings is 1. The van der Waals surface area contributed by atoms with Gasteiger partial charge in [0.05, 0.1) is 28.1 Å². The van der Waals surface area contributed by atoms with Gasteiger partial charge in [-0.1, -0.05) is 29.3 Å². The molecule has 0 saturated heterocycles. The van der Waals surface area contributed by atoms with E-state index in [1.807, 2.05) is 0 Å². The highest BCUT2D eigenvalue weighted by Gasteiger charge is 2.17. The van der Waals surface area contributed by atoms with E-state index in [9.17, 15) is 8.42 Å². The number of sulfonamides is 1. The summed E-state index contributed by atoms with van der Waals surface area (Å²) in [6.07, 6.45) is 2.39. The van der Waals surface area contributed by atoms with Crippen molar-refractivity contribution in [1.82, 2.24) is 9.97 Å². The molecule has 0 radical (unpaired) electrons. The monoisotopic (exact) mass is 332 g/mol. The summed E-state index contributed by atoms with van der Waals surface area (Å²) in [4.78, 5) is 7.61. The Morgan fingerprint density at radius 2 is 1.80 bits per heavy atom. The predicted molar refractivity (Wildman–Crippen MR) is 78.8 cm³/mol. The molecule has 0 aliphatic heterocycles. The highest BCUT2D eigenvalue weighted by atomic mass is 35.5. The van der Waals surface area contributed by atoms with Crippen molar-refractivity contribution in [1.29, 1.82) is 0 Å². The zero-order chi connectivity index (χ0) is 14.8. The van der Waals surface area contributed by atoms with Crippen molar-refractivity contribution in [2.24, 2.45) is 0 Å². The number of aromatic nitrogens is 2. The van der Waals surface area contributed by atoms with Gasteiger partial charge in [-0.25, -0.2) is 18.4 Å². The van der Waals surface area contributed by atoms with Gasteiger partial charge in [-0.05, 0) is 12.1 Å². The van der Waals surface area contributed by atoms with Crippen LogP contribution in [-0.4, -0.2) is 25.4 Å². The second kappa shape index (κ2) is 5.82. The second-order valence-electron chi connectivity index (χ2n) is 3.70. The average molecular weight is 333 g/mol. The van der Waals surface area contributed by atoms with Crippen LogP contribution in [0, 0.1) is 0 Å². The van der Waals surface area contributed by atoms with Crippen LogP contribution in [-0.2, 0) is 10.0 Å². The lowest BCUT2D eigenvalue weighted by atomic mass is 10.3. The highest BCUT2D eigenvalue weighted by molar-refractivity contribution is 7.92. The van der Waals surface area contributed by atoms with Crippen LogP contribution in [0.25, 0.3) is 0 Å². The molecule has 0 aliphatic carbocycles. The molecule has 2 N–H and O–H groups in total. The summed E-state index contributed by atoms with van der Waals surface area (Å²) in [6.45, 7) is 0. The topological polar surface area (TPSA) is 84.0 Å². The molecule has 0 saturated carbocycles. The predicted octanol–water partition coefficient (Wildman–Crippen LogP) is 2.63. The lowest BCUT2D eigenvalue weighted by Crippen LogP contribution is -2.14. The number of nitrogens with one attached hydrogen (secondary N) is 2. The van der Waals surface area contributed by atoms with Gasteiger partial charge in [-0.15, -0.1) is 0 Å². The van der Waals surface area contributed by atoms with Gasteiger partial charge in [0, 0.05) is 7.05 Å². The van der Waals surface area contributed by atoms with Crippen molar-refractivity contribution in [3.05, 3.63) is 40.6 Å². The van der Waals surface area contributed by atoms with E-state index in [0.717, 1.165) is 0 Å². The van der Waals surface area contributed by atoms with E-state index in [4.69, 9.17) is 23.2 Å². The number of halogens is 2. The van der Waals surface area contributed by atoms with E-state index in [-0.39, 0.29) is 20.6 Å². The average Bonchev–Trinajstić information content (AvgIpc) is 2.44. The summed E-state index contributed by atoms with van der Waals surface area (Å²) >= 11 is 11.8. The van der Waals surface area contributed by atoms with Crippen LogP contribution in [0.4, 0.5) is 11.6 Å². The molecule has 2 aromatic rings. The Labute approximate surface area is 126 Å². The summed E-state index contributed by atoms with van der Waals surface area (Å²) in [5.41, 5.74) is 0.192. The summed E-state index contributed by atoms with van der Waals surface area (Å²) in [6, 6.07) is 4.66. The van der Waals surface area contributed by atoms with Crippen LogP contribution in [0.2, 0.25) is 10.0 Å². The molecule has 1 heterocycles. The zero-order valence-corrected chi connectivity index (χ0v) is 12.6. The van der Waals surface area contributed by atoms with Crippen LogP contribution < -0.4 is 10.0 Å². The number of anilines is 2. The lowest BCUT2D eigenvalue weighted by molar-refractivity contribution is 0.600. The van der Waals surface area contributed by atoms with E-state index < -0.39 is 10.0 Å². The maximum absolute atomic E-state index is 12.2. The molecule has 0 unspecified atom stereocenters. The normalized spacial score (nSPS) is 11.2. The van der Waals surface area contributed by atoms with E-state index in [2.05, 4.69) is 20.0 Å². The molecule has 0 spiro atoms. The lowest BCUT2D eigenvalue weighted by Gasteiger charge is -2.10. The van der Waals surface area contributed by atoms with Crippen LogP contribution in [0.15, 0.2) is 35.5 Å². The van der Waals surface area contributed by atoms with Crippen LogP contribution in [0.1, 0.15) is 0 Å². The van der Waals surface area contributed by atoms with Crippen LogP contribution >= 0.6 is 23.2 Å². The van der Waals surface area contributed by atoms with Crippen molar-refractivity contribution in [2.45, 2.75) is 4.90 Å². The van der Waals surface area contributed by atoms with Crippen LogP contribution in [0.5, 0.6) is 0 Å². The summed E-state index contributed by atoms with van der Waals surface area (Å²) < 4.78 is 26.6. The van der Waals surface area contributed by atoms with Gasteiger partial charge in [0.1, 0.15) is 4.90 Å². The summed E-state index contributed by atoms with van der Waals surface area (Å²) in [5.74, 6) is 0.324. The second-order valence-corrected chi connectivity index (χ2v) is 6.17. The van der Waals surface area contributed by atoms with Gasteiger partial charge < -0.3 is 5.32 Å². The fraction of sp³-hybridized carbons (Fsp3) is 0.0909. The fourth-order valence-corrected chi connectivity index (χ4v) is 2.73. The molecule has 0 fully saturated rings. The summed E-state index contributed by atoms with van der Waals surface area (Å²) in [7, 11) is -2.19. The molecule has 2 rings (SSSR count). The third kappa shape index (κ3) is 3.12. The number of rotatable bonds is 4. The third-order valence-electron chi connectivity index (χ3n) is 2.36. The molecule has 0 bridgehead atoms. The minimum atomic E-state index is -3.82. The first kappa shape index (κ1) is 14.8.